The number of aromatic nitrogens is 3. The molecular formula is C16H14N6OS. The van der Waals surface area contributed by atoms with Gasteiger partial charge < -0.3 is 10.2 Å². The molecule has 2 N–H and O–H groups in total. The highest BCUT2D eigenvalue weighted by molar-refractivity contribution is 7.19. The number of nitrogens with zero attached hydrogens (tertiary/aromatic N) is 4. The molecule has 120 valence electrons. The van der Waals surface area contributed by atoms with Gasteiger partial charge in [0.25, 0.3) is 0 Å². The fourth-order valence-electron chi connectivity index (χ4n) is 2.83. The zero-order chi connectivity index (χ0) is 16.5. The molecule has 1 amide bonds. The van der Waals surface area contributed by atoms with Gasteiger partial charge in [0.1, 0.15) is 0 Å². The molecule has 0 aliphatic carbocycles. The first kappa shape index (κ1) is 14.7. The highest BCUT2D eigenvalue weighted by Crippen LogP contribution is 2.31. The van der Waals surface area contributed by atoms with Crippen molar-refractivity contribution in [2.24, 2.45) is 5.92 Å². The summed E-state index contributed by atoms with van der Waals surface area (Å²) in [4.78, 5) is 19.1. The zero-order valence-electron chi connectivity index (χ0n) is 12.7. The maximum absolute atomic E-state index is 12.3. The number of amides is 1. The number of carbonyl (C=O) groups excluding carboxylic acids is 1. The number of anilines is 1. The fraction of sp³-hybridized carbons (Fsp3) is 0.250. The standard InChI is InChI=1S/C16H14N6OS/c17-9-22-4-3-12(8-22)15(23)20-16-18-7-14(24-16)10-1-2-11-6-19-21-13(11)5-10/h1-2,5-7,12H,3-4,8H2,(H,19,21)(H,18,20,23). The Labute approximate surface area is 141 Å². The lowest BCUT2D eigenvalue weighted by Gasteiger charge is -2.08. The molecule has 1 aliphatic rings. The van der Waals surface area contributed by atoms with Crippen LogP contribution in [0.2, 0.25) is 0 Å². The van der Waals surface area contributed by atoms with E-state index in [4.69, 9.17) is 5.26 Å². The number of carbonyl (C=O) groups is 1. The van der Waals surface area contributed by atoms with Gasteiger partial charge in [0.2, 0.25) is 5.91 Å². The number of rotatable bonds is 3. The summed E-state index contributed by atoms with van der Waals surface area (Å²) in [5.74, 6) is -0.226. The average Bonchev–Trinajstić information content (AvgIpc) is 3.33. The van der Waals surface area contributed by atoms with Crippen LogP contribution < -0.4 is 5.32 Å². The summed E-state index contributed by atoms with van der Waals surface area (Å²) >= 11 is 1.43. The number of aromatic amines is 1. The SMILES string of the molecule is N#CN1CCC(C(=O)Nc2ncc(-c3ccc4cn[nH]c4c3)s2)C1. The van der Waals surface area contributed by atoms with Crippen LogP contribution in [0.4, 0.5) is 5.13 Å². The summed E-state index contributed by atoms with van der Waals surface area (Å²) < 4.78 is 0. The number of hydrogen-bond acceptors (Lipinski definition) is 6. The number of H-pyrrole nitrogens is 1. The van der Waals surface area contributed by atoms with E-state index in [9.17, 15) is 4.79 Å². The van der Waals surface area contributed by atoms with E-state index in [0.29, 0.717) is 24.6 Å². The average molecular weight is 338 g/mol. The van der Waals surface area contributed by atoms with Crippen molar-refractivity contribution < 1.29 is 4.79 Å². The van der Waals surface area contributed by atoms with Crippen LogP contribution in [0.25, 0.3) is 21.3 Å². The molecule has 0 spiro atoms. The van der Waals surface area contributed by atoms with Crippen molar-refractivity contribution >= 4 is 33.3 Å². The number of benzene rings is 1. The van der Waals surface area contributed by atoms with Gasteiger partial charge in [-0.3, -0.25) is 9.89 Å². The summed E-state index contributed by atoms with van der Waals surface area (Å²) in [5, 5.41) is 20.3. The van der Waals surface area contributed by atoms with Gasteiger partial charge in [0, 0.05) is 24.7 Å². The third-order valence-electron chi connectivity index (χ3n) is 4.16. The van der Waals surface area contributed by atoms with Crippen LogP contribution in [0.3, 0.4) is 0 Å². The molecule has 8 heteroatoms. The minimum absolute atomic E-state index is 0.0716. The quantitative estimate of drug-likeness (QED) is 0.715. The lowest BCUT2D eigenvalue weighted by atomic mass is 10.1. The van der Waals surface area contributed by atoms with Crippen LogP contribution in [0.5, 0.6) is 0 Å². The highest BCUT2D eigenvalue weighted by Gasteiger charge is 2.28. The molecule has 3 heterocycles. The van der Waals surface area contributed by atoms with E-state index >= 15 is 0 Å². The van der Waals surface area contributed by atoms with Gasteiger partial charge in [-0.1, -0.05) is 23.5 Å². The molecule has 1 aromatic carbocycles. The maximum Gasteiger partial charge on any atom is 0.231 e. The van der Waals surface area contributed by atoms with Gasteiger partial charge >= 0.3 is 0 Å². The van der Waals surface area contributed by atoms with Crippen molar-refractivity contribution in [2.75, 3.05) is 18.4 Å². The van der Waals surface area contributed by atoms with E-state index in [2.05, 4.69) is 26.7 Å². The third-order valence-corrected chi connectivity index (χ3v) is 5.12. The van der Waals surface area contributed by atoms with Crippen LogP contribution in [0, 0.1) is 17.4 Å². The van der Waals surface area contributed by atoms with Gasteiger partial charge in [0.05, 0.1) is 22.5 Å². The number of fused-ring (bicyclic) bond motifs is 1. The summed E-state index contributed by atoms with van der Waals surface area (Å²) in [5.41, 5.74) is 2.00. The number of likely N-dealkylation sites (tertiary alicyclic amines) is 1. The van der Waals surface area contributed by atoms with Gasteiger partial charge in [-0.05, 0) is 18.1 Å². The Kier molecular flexibility index (Phi) is 3.63. The summed E-state index contributed by atoms with van der Waals surface area (Å²) in [7, 11) is 0. The maximum atomic E-state index is 12.3. The Hall–Kier alpha value is -2.92. The van der Waals surface area contributed by atoms with E-state index in [1.807, 2.05) is 18.2 Å². The van der Waals surface area contributed by atoms with Gasteiger partial charge in [-0.2, -0.15) is 10.4 Å². The van der Waals surface area contributed by atoms with Gasteiger partial charge in [-0.25, -0.2) is 4.98 Å². The Morgan fingerprint density at radius 3 is 3.21 bits per heavy atom. The molecule has 1 fully saturated rings. The number of hydrogen-bond donors (Lipinski definition) is 2. The molecule has 1 atom stereocenters. The van der Waals surface area contributed by atoms with Crippen LogP contribution in [-0.2, 0) is 4.79 Å². The number of nitriles is 1. The molecular weight excluding hydrogens is 324 g/mol. The summed E-state index contributed by atoms with van der Waals surface area (Å²) in [6.45, 7) is 1.12. The minimum Gasteiger partial charge on any atom is -0.310 e. The normalized spacial score (nSPS) is 17.1. The zero-order valence-corrected chi connectivity index (χ0v) is 13.5. The third kappa shape index (κ3) is 2.70. The Balaban J connectivity index is 1.48. The van der Waals surface area contributed by atoms with Gasteiger partial charge in [0.15, 0.2) is 11.3 Å². The smallest absolute Gasteiger partial charge is 0.231 e. The molecule has 0 saturated carbocycles. The molecule has 1 saturated heterocycles. The van der Waals surface area contributed by atoms with E-state index in [0.717, 1.165) is 21.3 Å². The molecule has 4 rings (SSSR count). The van der Waals surface area contributed by atoms with Crippen molar-refractivity contribution in [1.29, 1.82) is 5.26 Å². The van der Waals surface area contributed by atoms with E-state index in [-0.39, 0.29) is 11.8 Å². The predicted molar refractivity (Wildman–Crippen MR) is 91.1 cm³/mol. The summed E-state index contributed by atoms with van der Waals surface area (Å²) in [6.07, 6.45) is 6.32. The lowest BCUT2D eigenvalue weighted by Crippen LogP contribution is -2.25. The van der Waals surface area contributed by atoms with Gasteiger partial charge in [-0.15, -0.1) is 0 Å². The predicted octanol–water partition coefficient (Wildman–Crippen LogP) is 2.43. The van der Waals surface area contributed by atoms with Crippen molar-refractivity contribution in [3.05, 3.63) is 30.6 Å². The van der Waals surface area contributed by atoms with Crippen LogP contribution in [0.15, 0.2) is 30.6 Å². The summed E-state index contributed by atoms with van der Waals surface area (Å²) in [6, 6.07) is 6.03. The molecule has 1 unspecified atom stereocenters. The molecule has 0 radical (unpaired) electrons. The minimum atomic E-state index is -0.154. The number of nitrogens with one attached hydrogen (secondary N) is 2. The molecule has 1 aliphatic heterocycles. The molecule has 2 aromatic heterocycles. The van der Waals surface area contributed by atoms with Crippen molar-refractivity contribution in [3.8, 4) is 16.6 Å². The second-order valence-electron chi connectivity index (χ2n) is 5.72. The van der Waals surface area contributed by atoms with E-state index in [1.54, 1.807) is 17.3 Å². The highest BCUT2D eigenvalue weighted by atomic mass is 32.1. The van der Waals surface area contributed by atoms with E-state index in [1.165, 1.54) is 11.3 Å². The first-order chi connectivity index (χ1) is 11.7. The first-order valence-electron chi connectivity index (χ1n) is 7.58. The molecule has 3 aromatic rings. The van der Waals surface area contributed by atoms with Crippen molar-refractivity contribution in [3.63, 3.8) is 0 Å². The van der Waals surface area contributed by atoms with Crippen LogP contribution in [-0.4, -0.2) is 39.1 Å². The largest absolute Gasteiger partial charge is 0.310 e. The Morgan fingerprint density at radius 2 is 2.38 bits per heavy atom. The Morgan fingerprint density at radius 1 is 1.46 bits per heavy atom. The van der Waals surface area contributed by atoms with Crippen molar-refractivity contribution in [2.45, 2.75) is 6.42 Å². The second kappa shape index (κ2) is 5.94. The molecule has 7 nitrogen and oxygen atoms in total. The fourth-order valence-corrected chi connectivity index (χ4v) is 3.64. The van der Waals surface area contributed by atoms with Crippen molar-refractivity contribution in [1.82, 2.24) is 20.1 Å². The molecule has 0 bridgehead atoms. The first-order valence-corrected chi connectivity index (χ1v) is 8.39. The monoisotopic (exact) mass is 338 g/mol. The van der Waals surface area contributed by atoms with Crippen LogP contribution >= 0.6 is 11.3 Å². The lowest BCUT2D eigenvalue weighted by molar-refractivity contribution is -0.119. The Bertz CT molecular complexity index is 939. The second-order valence-corrected chi connectivity index (χ2v) is 6.75. The molecule has 24 heavy (non-hydrogen) atoms. The topological polar surface area (TPSA) is 97.7 Å². The van der Waals surface area contributed by atoms with E-state index < -0.39 is 0 Å². The number of thiazole rings is 1. The van der Waals surface area contributed by atoms with Crippen LogP contribution in [0.1, 0.15) is 6.42 Å².